The number of amides is 1. The third kappa shape index (κ3) is 7.86. The highest BCUT2D eigenvalue weighted by Crippen LogP contribution is 2.25. The average molecular weight is 290 g/mol. The first-order valence-corrected chi connectivity index (χ1v) is 7.96. The number of nitrogens with one attached hydrogen (secondary N) is 1. The minimum absolute atomic E-state index is 0.152. The van der Waals surface area contributed by atoms with Gasteiger partial charge in [-0.1, -0.05) is 44.2 Å². The molecule has 1 aromatic rings. The normalized spacial score (nSPS) is 13.0. The molecule has 0 saturated carbocycles. The summed E-state index contributed by atoms with van der Waals surface area (Å²) in [6.45, 7) is 7.10. The summed E-state index contributed by atoms with van der Waals surface area (Å²) in [5, 5.41) is 3.09. The fourth-order valence-electron chi connectivity index (χ4n) is 2.41. The van der Waals surface area contributed by atoms with Gasteiger partial charge in [0.05, 0.1) is 0 Å². The molecule has 0 heterocycles. The highest BCUT2D eigenvalue weighted by molar-refractivity contribution is 5.76. The number of hydrogen-bond acceptors (Lipinski definition) is 2. The molecular weight excluding hydrogens is 260 g/mol. The van der Waals surface area contributed by atoms with E-state index in [-0.39, 0.29) is 17.4 Å². The van der Waals surface area contributed by atoms with Gasteiger partial charge in [-0.15, -0.1) is 0 Å². The Morgan fingerprint density at radius 1 is 1.24 bits per heavy atom. The van der Waals surface area contributed by atoms with Crippen LogP contribution in [-0.2, 0) is 11.2 Å². The number of hydrogen-bond donors (Lipinski definition) is 2. The van der Waals surface area contributed by atoms with E-state index in [4.69, 9.17) is 5.73 Å². The zero-order chi connectivity index (χ0) is 15.7. The molecular formula is C18H30N2O. The van der Waals surface area contributed by atoms with Crippen LogP contribution in [0, 0.1) is 5.41 Å². The van der Waals surface area contributed by atoms with Crippen LogP contribution in [0.2, 0.25) is 0 Å². The Hall–Kier alpha value is -1.35. The largest absolute Gasteiger partial charge is 0.354 e. The number of nitrogens with two attached hydrogens (primary N) is 1. The molecule has 0 aromatic heterocycles. The predicted molar refractivity (Wildman–Crippen MR) is 89.1 cm³/mol. The van der Waals surface area contributed by atoms with Crippen molar-refractivity contribution in [2.45, 2.75) is 58.9 Å². The molecule has 0 aliphatic heterocycles. The second-order valence-corrected chi connectivity index (χ2v) is 6.70. The van der Waals surface area contributed by atoms with Crippen molar-refractivity contribution in [2.75, 3.05) is 6.54 Å². The third-order valence-electron chi connectivity index (χ3n) is 3.97. The molecule has 0 radical (unpaired) electrons. The van der Waals surface area contributed by atoms with Crippen molar-refractivity contribution < 1.29 is 4.79 Å². The van der Waals surface area contributed by atoms with E-state index in [0.717, 1.165) is 25.7 Å². The van der Waals surface area contributed by atoms with Crippen LogP contribution < -0.4 is 11.1 Å². The van der Waals surface area contributed by atoms with Gasteiger partial charge in [0.1, 0.15) is 0 Å². The van der Waals surface area contributed by atoms with Gasteiger partial charge in [-0.25, -0.2) is 0 Å². The van der Waals surface area contributed by atoms with Crippen LogP contribution in [0.25, 0.3) is 0 Å². The Labute approximate surface area is 129 Å². The fourth-order valence-corrected chi connectivity index (χ4v) is 2.41. The van der Waals surface area contributed by atoms with E-state index in [2.05, 4.69) is 50.4 Å². The Kier molecular flexibility index (Phi) is 7.44. The molecule has 0 fully saturated rings. The van der Waals surface area contributed by atoms with Crippen LogP contribution in [-0.4, -0.2) is 18.5 Å². The second-order valence-electron chi connectivity index (χ2n) is 6.70. The standard InChI is InChI=1S/C18H30N2O/c1-15(9-10-16-7-5-4-6-8-16)20-17(21)11-12-18(2,3)13-14-19/h4-8,15H,9-14,19H2,1-3H3,(H,20,21). The van der Waals surface area contributed by atoms with Gasteiger partial charge < -0.3 is 11.1 Å². The van der Waals surface area contributed by atoms with E-state index < -0.39 is 0 Å². The van der Waals surface area contributed by atoms with E-state index in [1.54, 1.807) is 0 Å². The molecule has 3 nitrogen and oxygen atoms in total. The molecule has 0 aliphatic rings. The number of carbonyl (C=O) groups excluding carboxylic acids is 1. The van der Waals surface area contributed by atoms with Crippen LogP contribution in [0.1, 0.15) is 52.0 Å². The second kappa shape index (κ2) is 8.83. The molecule has 3 heteroatoms. The van der Waals surface area contributed by atoms with E-state index in [1.807, 2.05) is 6.07 Å². The highest BCUT2D eigenvalue weighted by atomic mass is 16.1. The van der Waals surface area contributed by atoms with Crippen LogP contribution in [0.5, 0.6) is 0 Å². The maximum Gasteiger partial charge on any atom is 0.220 e. The van der Waals surface area contributed by atoms with Gasteiger partial charge in [-0.2, -0.15) is 0 Å². The number of benzene rings is 1. The lowest BCUT2D eigenvalue weighted by Crippen LogP contribution is -2.33. The third-order valence-corrected chi connectivity index (χ3v) is 3.97. The molecule has 1 amide bonds. The van der Waals surface area contributed by atoms with Crippen molar-refractivity contribution in [3.05, 3.63) is 35.9 Å². The predicted octanol–water partition coefficient (Wildman–Crippen LogP) is 3.28. The Balaban J connectivity index is 2.24. The number of aryl methyl sites for hydroxylation is 1. The zero-order valence-corrected chi connectivity index (χ0v) is 13.7. The number of rotatable bonds is 9. The molecule has 0 aliphatic carbocycles. The zero-order valence-electron chi connectivity index (χ0n) is 13.7. The fraction of sp³-hybridized carbons (Fsp3) is 0.611. The lowest BCUT2D eigenvalue weighted by Gasteiger charge is -2.24. The lowest BCUT2D eigenvalue weighted by atomic mass is 9.84. The molecule has 1 aromatic carbocycles. The first-order valence-electron chi connectivity index (χ1n) is 7.96. The van der Waals surface area contributed by atoms with Crippen molar-refractivity contribution >= 4 is 5.91 Å². The lowest BCUT2D eigenvalue weighted by molar-refractivity contribution is -0.122. The first-order chi connectivity index (χ1) is 9.93. The Morgan fingerprint density at radius 3 is 2.52 bits per heavy atom. The summed E-state index contributed by atoms with van der Waals surface area (Å²) in [7, 11) is 0. The summed E-state index contributed by atoms with van der Waals surface area (Å²) in [5.41, 5.74) is 7.07. The van der Waals surface area contributed by atoms with Crippen molar-refractivity contribution in [3.8, 4) is 0 Å². The molecule has 3 N–H and O–H groups in total. The summed E-state index contributed by atoms with van der Waals surface area (Å²) < 4.78 is 0. The minimum Gasteiger partial charge on any atom is -0.354 e. The summed E-state index contributed by atoms with van der Waals surface area (Å²) in [4.78, 5) is 12.0. The van der Waals surface area contributed by atoms with Crippen molar-refractivity contribution in [1.82, 2.24) is 5.32 Å². The van der Waals surface area contributed by atoms with Crippen LogP contribution in [0.4, 0.5) is 0 Å². The smallest absolute Gasteiger partial charge is 0.220 e. The maximum absolute atomic E-state index is 12.0. The summed E-state index contributed by atoms with van der Waals surface area (Å²) >= 11 is 0. The molecule has 21 heavy (non-hydrogen) atoms. The summed E-state index contributed by atoms with van der Waals surface area (Å²) in [6.07, 6.45) is 4.41. The first kappa shape index (κ1) is 17.7. The molecule has 1 unspecified atom stereocenters. The molecule has 0 saturated heterocycles. The van der Waals surface area contributed by atoms with Gasteiger partial charge >= 0.3 is 0 Å². The molecule has 1 atom stereocenters. The van der Waals surface area contributed by atoms with Gasteiger partial charge in [0.2, 0.25) is 5.91 Å². The highest BCUT2D eigenvalue weighted by Gasteiger charge is 2.18. The van der Waals surface area contributed by atoms with Gasteiger partial charge in [0.25, 0.3) is 0 Å². The monoisotopic (exact) mass is 290 g/mol. The quantitative estimate of drug-likeness (QED) is 0.733. The number of carbonyl (C=O) groups is 1. The van der Waals surface area contributed by atoms with E-state index in [0.29, 0.717) is 13.0 Å². The van der Waals surface area contributed by atoms with Crippen molar-refractivity contribution in [1.29, 1.82) is 0 Å². The molecule has 0 bridgehead atoms. The minimum atomic E-state index is 0.152. The molecule has 0 spiro atoms. The summed E-state index contributed by atoms with van der Waals surface area (Å²) in [5.74, 6) is 0.153. The molecule has 1 rings (SSSR count). The summed E-state index contributed by atoms with van der Waals surface area (Å²) in [6, 6.07) is 10.6. The van der Waals surface area contributed by atoms with Crippen LogP contribution in [0.3, 0.4) is 0 Å². The SMILES string of the molecule is CC(CCc1ccccc1)NC(=O)CCC(C)(C)CCN. The van der Waals surface area contributed by atoms with Crippen LogP contribution in [0.15, 0.2) is 30.3 Å². The van der Waals surface area contributed by atoms with Gasteiger partial charge in [-0.05, 0) is 50.1 Å². The van der Waals surface area contributed by atoms with Crippen LogP contribution >= 0.6 is 0 Å². The molecule has 118 valence electrons. The van der Waals surface area contributed by atoms with Crippen molar-refractivity contribution in [2.24, 2.45) is 11.1 Å². The van der Waals surface area contributed by atoms with E-state index in [1.165, 1.54) is 5.56 Å². The average Bonchev–Trinajstić information content (AvgIpc) is 2.44. The topological polar surface area (TPSA) is 55.1 Å². The Bertz CT molecular complexity index is 414. The van der Waals surface area contributed by atoms with Gasteiger partial charge in [-0.3, -0.25) is 4.79 Å². The van der Waals surface area contributed by atoms with Gasteiger partial charge in [0, 0.05) is 12.5 Å². The van der Waals surface area contributed by atoms with E-state index in [9.17, 15) is 4.79 Å². The van der Waals surface area contributed by atoms with E-state index >= 15 is 0 Å². The Morgan fingerprint density at radius 2 is 1.90 bits per heavy atom. The maximum atomic E-state index is 12.0. The van der Waals surface area contributed by atoms with Gasteiger partial charge in [0.15, 0.2) is 0 Å². The van der Waals surface area contributed by atoms with Crippen molar-refractivity contribution in [3.63, 3.8) is 0 Å².